The number of carbonyl (C=O) groups excluding carboxylic acids is 1. The van der Waals surface area contributed by atoms with Crippen molar-refractivity contribution >= 4 is 11.7 Å². The smallest absolute Gasteiger partial charge is 0.374 e. The van der Waals surface area contributed by atoms with Crippen molar-refractivity contribution < 1.29 is 18.3 Å². The molecule has 0 unspecified atom stereocenters. The lowest BCUT2D eigenvalue weighted by molar-refractivity contribution is 0.0491. The summed E-state index contributed by atoms with van der Waals surface area (Å²) in [5, 5.41) is 0. The largest absolute Gasteiger partial charge is 0.460 e. The standard InChI is InChI=1S/C13H12FNO3/c1-2-17-13(16)12-6-5-11(18-12)8-3-4-9(14)10(15)7-8/h3-7H,2,15H2,1H3. The van der Waals surface area contributed by atoms with Gasteiger partial charge < -0.3 is 14.9 Å². The monoisotopic (exact) mass is 249 g/mol. The van der Waals surface area contributed by atoms with Crippen LogP contribution in [0, 0.1) is 5.82 Å². The molecule has 18 heavy (non-hydrogen) atoms. The number of hydrogen-bond donors (Lipinski definition) is 1. The van der Waals surface area contributed by atoms with Crippen LogP contribution in [0.3, 0.4) is 0 Å². The van der Waals surface area contributed by atoms with E-state index in [9.17, 15) is 9.18 Å². The van der Waals surface area contributed by atoms with Crippen molar-refractivity contribution in [2.45, 2.75) is 6.92 Å². The second-order valence-corrected chi connectivity index (χ2v) is 3.62. The summed E-state index contributed by atoms with van der Waals surface area (Å²) >= 11 is 0. The van der Waals surface area contributed by atoms with Crippen LogP contribution in [-0.2, 0) is 4.74 Å². The minimum atomic E-state index is -0.529. The van der Waals surface area contributed by atoms with Crippen LogP contribution < -0.4 is 5.73 Å². The third-order valence-corrected chi connectivity index (χ3v) is 2.36. The summed E-state index contributed by atoms with van der Waals surface area (Å²) in [5.74, 6) is -0.478. The van der Waals surface area contributed by atoms with Gasteiger partial charge in [0.2, 0.25) is 5.76 Å². The summed E-state index contributed by atoms with van der Waals surface area (Å²) in [5.41, 5.74) is 6.09. The molecular formula is C13H12FNO3. The Morgan fingerprint density at radius 1 is 1.39 bits per heavy atom. The molecule has 0 amide bonds. The predicted octanol–water partition coefficient (Wildman–Crippen LogP) is 2.84. The first kappa shape index (κ1) is 12.2. The molecule has 0 aliphatic heterocycles. The highest BCUT2D eigenvalue weighted by molar-refractivity contribution is 5.87. The lowest BCUT2D eigenvalue weighted by Gasteiger charge is -2.00. The fourth-order valence-electron chi connectivity index (χ4n) is 1.50. The number of anilines is 1. The number of furan rings is 1. The summed E-state index contributed by atoms with van der Waals surface area (Å²) in [7, 11) is 0. The first-order valence-corrected chi connectivity index (χ1v) is 5.44. The number of esters is 1. The molecule has 0 aliphatic carbocycles. The lowest BCUT2D eigenvalue weighted by Crippen LogP contribution is -2.02. The predicted molar refractivity (Wildman–Crippen MR) is 64.5 cm³/mol. The molecule has 94 valence electrons. The van der Waals surface area contributed by atoms with Gasteiger partial charge in [0.25, 0.3) is 0 Å². The van der Waals surface area contributed by atoms with Gasteiger partial charge in [0.15, 0.2) is 0 Å². The van der Waals surface area contributed by atoms with Crippen molar-refractivity contribution in [3.63, 3.8) is 0 Å². The maximum absolute atomic E-state index is 13.0. The zero-order valence-electron chi connectivity index (χ0n) is 9.77. The Bertz CT molecular complexity index is 577. The van der Waals surface area contributed by atoms with E-state index in [0.29, 0.717) is 11.3 Å². The van der Waals surface area contributed by atoms with Crippen molar-refractivity contribution in [3.05, 3.63) is 41.9 Å². The Morgan fingerprint density at radius 3 is 2.83 bits per heavy atom. The molecule has 4 nitrogen and oxygen atoms in total. The van der Waals surface area contributed by atoms with Gasteiger partial charge in [-0.3, -0.25) is 0 Å². The number of ether oxygens (including phenoxy) is 1. The van der Waals surface area contributed by atoms with Crippen molar-refractivity contribution in [2.24, 2.45) is 0 Å². The summed E-state index contributed by atoms with van der Waals surface area (Å²) in [6, 6.07) is 7.34. The number of halogens is 1. The molecule has 0 bridgehead atoms. The van der Waals surface area contributed by atoms with E-state index in [1.165, 1.54) is 24.3 Å². The molecule has 1 heterocycles. The molecule has 0 saturated carbocycles. The van der Waals surface area contributed by atoms with Gasteiger partial charge in [0.05, 0.1) is 12.3 Å². The average molecular weight is 249 g/mol. The SMILES string of the molecule is CCOC(=O)c1ccc(-c2ccc(F)c(N)c2)o1. The normalized spacial score (nSPS) is 10.3. The van der Waals surface area contributed by atoms with Crippen LogP contribution in [0.4, 0.5) is 10.1 Å². The molecular weight excluding hydrogens is 237 g/mol. The molecule has 0 radical (unpaired) electrons. The summed E-state index contributed by atoms with van der Waals surface area (Å²) in [6.45, 7) is 1.99. The first-order chi connectivity index (χ1) is 8.61. The Hall–Kier alpha value is -2.30. The van der Waals surface area contributed by atoms with E-state index in [1.807, 2.05) is 0 Å². The quantitative estimate of drug-likeness (QED) is 0.671. The minimum Gasteiger partial charge on any atom is -0.460 e. The van der Waals surface area contributed by atoms with Crippen LogP contribution in [0.2, 0.25) is 0 Å². The molecule has 2 aromatic rings. The van der Waals surface area contributed by atoms with E-state index < -0.39 is 11.8 Å². The highest BCUT2D eigenvalue weighted by Crippen LogP contribution is 2.25. The number of hydrogen-bond acceptors (Lipinski definition) is 4. The second kappa shape index (κ2) is 4.91. The maximum atomic E-state index is 13.0. The van der Waals surface area contributed by atoms with Gasteiger partial charge in [0.1, 0.15) is 11.6 Å². The molecule has 1 aromatic heterocycles. The van der Waals surface area contributed by atoms with Gasteiger partial charge >= 0.3 is 5.97 Å². The topological polar surface area (TPSA) is 65.5 Å². The van der Waals surface area contributed by atoms with Gasteiger partial charge in [0, 0.05) is 5.56 Å². The molecule has 5 heteroatoms. The van der Waals surface area contributed by atoms with Crippen molar-refractivity contribution in [2.75, 3.05) is 12.3 Å². The van der Waals surface area contributed by atoms with Crippen molar-refractivity contribution in [3.8, 4) is 11.3 Å². The average Bonchev–Trinajstić information content (AvgIpc) is 2.82. The Labute approximate surface area is 103 Å². The van der Waals surface area contributed by atoms with E-state index in [2.05, 4.69) is 0 Å². The van der Waals surface area contributed by atoms with E-state index in [4.69, 9.17) is 14.9 Å². The number of nitrogen functional groups attached to an aromatic ring is 1. The molecule has 0 atom stereocenters. The Morgan fingerprint density at radius 2 is 2.17 bits per heavy atom. The summed E-state index contributed by atoms with van der Waals surface area (Å²) in [4.78, 5) is 11.4. The highest BCUT2D eigenvalue weighted by atomic mass is 19.1. The summed E-state index contributed by atoms with van der Waals surface area (Å²) < 4.78 is 23.1. The van der Waals surface area contributed by atoms with Crippen LogP contribution in [0.15, 0.2) is 34.7 Å². The van der Waals surface area contributed by atoms with Gasteiger partial charge in [-0.05, 0) is 37.3 Å². The molecule has 0 aliphatic rings. The zero-order valence-corrected chi connectivity index (χ0v) is 9.77. The number of carbonyl (C=O) groups is 1. The van der Waals surface area contributed by atoms with Crippen LogP contribution in [0.5, 0.6) is 0 Å². The van der Waals surface area contributed by atoms with Crippen LogP contribution >= 0.6 is 0 Å². The van der Waals surface area contributed by atoms with Gasteiger partial charge in [-0.2, -0.15) is 0 Å². The lowest BCUT2D eigenvalue weighted by atomic mass is 10.1. The van der Waals surface area contributed by atoms with Gasteiger partial charge in [-0.15, -0.1) is 0 Å². The van der Waals surface area contributed by atoms with Gasteiger partial charge in [-0.25, -0.2) is 9.18 Å². The second-order valence-electron chi connectivity index (χ2n) is 3.62. The van der Waals surface area contributed by atoms with Crippen LogP contribution in [0.25, 0.3) is 11.3 Å². The summed E-state index contributed by atoms with van der Waals surface area (Å²) in [6.07, 6.45) is 0. The molecule has 2 N–H and O–H groups in total. The van der Waals surface area contributed by atoms with Gasteiger partial charge in [-0.1, -0.05) is 0 Å². The van der Waals surface area contributed by atoms with E-state index in [1.54, 1.807) is 13.0 Å². The third kappa shape index (κ3) is 2.34. The molecule has 0 spiro atoms. The highest BCUT2D eigenvalue weighted by Gasteiger charge is 2.13. The van der Waals surface area contributed by atoms with E-state index >= 15 is 0 Å². The van der Waals surface area contributed by atoms with Crippen molar-refractivity contribution in [1.82, 2.24) is 0 Å². The minimum absolute atomic E-state index is 0.0292. The fraction of sp³-hybridized carbons (Fsp3) is 0.154. The Kier molecular flexibility index (Phi) is 3.32. The maximum Gasteiger partial charge on any atom is 0.374 e. The molecule has 0 saturated heterocycles. The van der Waals surface area contributed by atoms with E-state index in [-0.39, 0.29) is 18.1 Å². The number of benzene rings is 1. The van der Waals surface area contributed by atoms with E-state index in [0.717, 1.165) is 0 Å². The molecule has 0 fully saturated rings. The number of nitrogens with two attached hydrogens (primary N) is 1. The molecule has 1 aromatic carbocycles. The van der Waals surface area contributed by atoms with Crippen molar-refractivity contribution in [1.29, 1.82) is 0 Å². The van der Waals surface area contributed by atoms with Crippen LogP contribution in [-0.4, -0.2) is 12.6 Å². The zero-order chi connectivity index (χ0) is 13.1. The van der Waals surface area contributed by atoms with Crippen LogP contribution in [0.1, 0.15) is 17.5 Å². The number of rotatable bonds is 3. The fourth-order valence-corrected chi connectivity index (χ4v) is 1.50. The Balaban J connectivity index is 2.29. The molecule has 2 rings (SSSR count). The first-order valence-electron chi connectivity index (χ1n) is 5.44. The third-order valence-electron chi connectivity index (χ3n) is 2.36.